The summed E-state index contributed by atoms with van der Waals surface area (Å²) in [5.41, 5.74) is 0. The summed E-state index contributed by atoms with van der Waals surface area (Å²) in [6, 6.07) is 0.0616. The van der Waals surface area contributed by atoms with Gasteiger partial charge >= 0.3 is 0 Å². The van der Waals surface area contributed by atoms with Crippen molar-refractivity contribution >= 4 is 12.3 Å². The summed E-state index contributed by atoms with van der Waals surface area (Å²) in [6.45, 7) is 3.73. The number of carbonyl (C=O) groups is 2. The molecule has 2 rings (SSSR count). The molecule has 2 heterocycles. The Kier molecular flexibility index (Phi) is 3.99. The summed E-state index contributed by atoms with van der Waals surface area (Å²) in [5, 5.41) is 0. The number of piperazine rings is 1. The Labute approximate surface area is 102 Å². The highest BCUT2D eigenvalue weighted by molar-refractivity contribution is 5.82. The lowest BCUT2D eigenvalue weighted by molar-refractivity contribution is -0.140. The lowest BCUT2D eigenvalue weighted by Gasteiger charge is -2.38. The van der Waals surface area contributed by atoms with Crippen molar-refractivity contribution in [1.29, 1.82) is 0 Å². The van der Waals surface area contributed by atoms with Crippen molar-refractivity contribution in [3.63, 3.8) is 0 Å². The van der Waals surface area contributed by atoms with Crippen LogP contribution in [0.3, 0.4) is 0 Å². The number of rotatable bonds is 2. The van der Waals surface area contributed by atoms with Crippen molar-refractivity contribution in [2.24, 2.45) is 0 Å². The van der Waals surface area contributed by atoms with Gasteiger partial charge in [-0.2, -0.15) is 0 Å². The summed E-state index contributed by atoms with van der Waals surface area (Å²) < 4.78 is 0. The molecule has 0 aromatic rings. The quantitative estimate of drug-likeness (QED) is 0.625. The Morgan fingerprint density at radius 1 is 1.12 bits per heavy atom. The lowest BCUT2D eigenvalue weighted by atomic mass is 10.0. The third-order valence-electron chi connectivity index (χ3n) is 3.83. The number of piperidine rings is 1. The second-order valence-corrected chi connectivity index (χ2v) is 4.96. The molecular formula is C12H21N3O2. The van der Waals surface area contributed by atoms with Gasteiger partial charge in [-0.1, -0.05) is 6.42 Å². The first-order chi connectivity index (χ1) is 8.22. The largest absolute Gasteiger partial charge is 0.342 e. The van der Waals surface area contributed by atoms with E-state index in [4.69, 9.17) is 0 Å². The van der Waals surface area contributed by atoms with Gasteiger partial charge in [-0.05, 0) is 26.4 Å². The Balaban J connectivity index is 1.89. The zero-order valence-corrected chi connectivity index (χ0v) is 10.5. The number of hydrogen-bond donors (Lipinski definition) is 0. The molecule has 5 heteroatoms. The maximum atomic E-state index is 12.3. The first kappa shape index (κ1) is 12.4. The zero-order chi connectivity index (χ0) is 12.3. The maximum absolute atomic E-state index is 12.3. The van der Waals surface area contributed by atoms with Crippen LogP contribution in [-0.4, -0.2) is 72.8 Å². The fourth-order valence-corrected chi connectivity index (χ4v) is 2.65. The van der Waals surface area contributed by atoms with Crippen molar-refractivity contribution in [3.05, 3.63) is 0 Å². The highest BCUT2D eigenvalue weighted by Gasteiger charge is 2.31. The van der Waals surface area contributed by atoms with E-state index in [1.54, 1.807) is 4.90 Å². The summed E-state index contributed by atoms with van der Waals surface area (Å²) in [5.74, 6) is 0.248. The molecule has 0 radical (unpaired) electrons. The van der Waals surface area contributed by atoms with Gasteiger partial charge in [0.05, 0.1) is 6.04 Å². The molecule has 0 aliphatic carbocycles. The summed E-state index contributed by atoms with van der Waals surface area (Å²) in [4.78, 5) is 28.7. The van der Waals surface area contributed by atoms with Crippen LogP contribution < -0.4 is 0 Å². The molecule has 1 unspecified atom stereocenters. The van der Waals surface area contributed by atoms with Crippen LogP contribution in [0.1, 0.15) is 19.3 Å². The summed E-state index contributed by atoms with van der Waals surface area (Å²) >= 11 is 0. The van der Waals surface area contributed by atoms with Gasteiger partial charge in [0.1, 0.15) is 0 Å². The van der Waals surface area contributed by atoms with Crippen molar-refractivity contribution in [2.75, 3.05) is 39.8 Å². The lowest BCUT2D eigenvalue weighted by Crippen LogP contribution is -2.55. The van der Waals surface area contributed by atoms with E-state index < -0.39 is 0 Å². The second kappa shape index (κ2) is 5.49. The molecule has 0 bridgehead atoms. The van der Waals surface area contributed by atoms with E-state index in [2.05, 4.69) is 4.90 Å². The molecule has 2 aliphatic rings. The fraction of sp³-hybridized carbons (Fsp3) is 0.833. The minimum absolute atomic E-state index is 0.0616. The van der Waals surface area contributed by atoms with E-state index in [0.29, 0.717) is 26.2 Å². The van der Waals surface area contributed by atoms with Gasteiger partial charge in [0.15, 0.2) is 0 Å². The number of carbonyl (C=O) groups excluding carboxylic acids is 2. The first-order valence-corrected chi connectivity index (χ1v) is 6.41. The van der Waals surface area contributed by atoms with E-state index >= 15 is 0 Å². The highest BCUT2D eigenvalue weighted by atomic mass is 16.2. The molecule has 2 amide bonds. The Hall–Kier alpha value is -1.10. The average Bonchev–Trinajstić information content (AvgIpc) is 2.39. The van der Waals surface area contributed by atoms with Gasteiger partial charge in [0.2, 0.25) is 12.3 Å². The maximum Gasteiger partial charge on any atom is 0.240 e. The number of hydrogen-bond acceptors (Lipinski definition) is 3. The van der Waals surface area contributed by atoms with Crippen LogP contribution >= 0.6 is 0 Å². The van der Waals surface area contributed by atoms with Crippen LogP contribution in [0.25, 0.3) is 0 Å². The third-order valence-corrected chi connectivity index (χ3v) is 3.83. The van der Waals surface area contributed by atoms with Gasteiger partial charge < -0.3 is 9.80 Å². The van der Waals surface area contributed by atoms with Crippen molar-refractivity contribution < 1.29 is 9.59 Å². The average molecular weight is 239 g/mol. The predicted molar refractivity (Wildman–Crippen MR) is 64.5 cm³/mol. The van der Waals surface area contributed by atoms with Crippen LogP contribution in [0, 0.1) is 0 Å². The topological polar surface area (TPSA) is 43.9 Å². The number of amides is 2. The molecule has 0 aromatic carbocycles. The summed E-state index contributed by atoms with van der Waals surface area (Å²) in [7, 11) is 2.03. The van der Waals surface area contributed by atoms with E-state index in [-0.39, 0.29) is 11.9 Å². The minimum Gasteiger partial charge on any atom is -0.342 e. The van der Waals surface area contributed by atoms with Gasteiger partial charge in [0, 0.05) is 26.2 Å². The van der Waals surface area contributed by atoms with Crippen molar-refractivity contribution in [1.82, 2.24) is 14.7 Å². The van der Waals surface area contributed by atoms with Crippen molar-refractivity contribution in [3.8, 4) is 0 Å². The SMILES string of the molecule is CN1CCCCC1C(=O)N1CCN(C=O)CC1. The molecule has 0 saturated carbocycles. The Morgan fingerprint density at radius 2 is 1.82 bits per heavy atom. The van der Waals surface area contributed by atoms with Crippen LogP contribution in [-0.2, 0) is 9.59 Å². The monoisotopic (exact) mass is 239 g/mol. The molecule has 2 aliphatic heterocycles. The predicted octanol–water partition coefficient (Wildman–Crippen LogP) is -0.229. The summed E-state index contributed by atoms with van der Waals surface area (Å²) in [6.07, 6.45) is 4.19. The molecule has 17 heavy (non-hydrogen) atoms. The molecule has 0 spiro atoms. The third kappa shape index (κ3) is 2.77. The molecule has 1 atom stereocenters. The number of likely N-dealkylation sites (tertiary alicyclic amines) is 1. The van der Waals surface area contributed by atoms with Crippen LogP contribution in [0.5, 0.6) is 0 Å². The van der Waals surface area contributed by atoms with Crippen molar-refractivity contribution in [2.45, 2.75) is 25.3 Å². The van der Waals surface area contributed by atoms with Gasteiger partial charge in [-0.15, -0.1) is 0 Å². The zero-order valence-electron chi connectivity index (χ0n) is 10.5. The van der Waals surface area contributed by atoms with E-state index in [9.17, 15) is 9.59 Å². The van der Waals surface area contributed by atoms with Gasteiger partial charge in [0.25, 0.3) is 0 Å². The molecule has 2 saturated heterocycles. The molecular weight excluding hydrogens is 218 g/mol. The highest BCUT2D eigenvalue weighted by Crippen LogP contribution is 2.17. The van der Waals surface area contributed by atoms with E-state index in [1.165, 1.54) is 6.42 Å². The first-order valence-electron chi connectivity index (χ1n) is 6.41. The number of nitrogens with zero attached hydrogens (tertiary/aromatic N) is 3. The number of likely N-dealkylation sites (N-methyl/N-ethyl adjacent to an activating group) is 1. The van der Waals surface area contributed by atoms with Crippen LogP contribution in [0.2, 0.25) is 0 Å². The minimum atomic E-state index is 0.0616. The van der Waals surface area contributed by atoms with Crippen LogP contribution in [0.4, 0.5) is 0 Å². The van der Waals surface area contributed by atoms with E-state index in [1.807, 2.05) is 11.9 Å². The standard InChI is InChI=1S/C12H21N3O2/c1-13-5-3-2-4-11(13)12(17)15-8-6-14(10-16)7-9-15/h10-11H,2-9H2,1H3. The molecule has 96 valence electrons. The van der Waals surface area contributed by atoms with E-state index in [0.717, 1.165) is 25.8 Å². The smallest absolute Gasteiger partial charge is 0.240 e. The Morgan fingerprint density at radius 3 is 2.41 bits per heavy atom. The van der Waals surface area contributed by atoms with Gasteiger partial charge in [-0.3, -0.25) is 14.5 Å². The molecule has 0 aromatic heterocycles. The normalized spacial score (nSPS) is 27.0. The van der Waals surface area contributed by atoms with Crippen LogP contribution in [0.15, 0.2) is 0 Å². The molecule has 0 N–H and O–H groups in total. The Bertz CT molecular complexity index is 287. The van der Waals surface area contributed by atoms with Gasteiger partial charge in [-0.25, -0.2) is 0 Å². The molecule has 2 fully saturated rings. The molecule has 5 nitrogen and oxygen atoms in total. The fourth-order valence-electron chi connectivity index (χ4n) is 2.65. The second-order valence-electron chi connectivity index (χ2n) is 4.96.